The molecule has 0 atom stereocenters. The van der Waals surface area contributed by atoms with Gasteiger partial charge < -0.3 is 15.0 Å². The molecule has 2 N–H and O–H groups in total. The van der Waals surface area contributed by atoms with E-state index in [0.29, 0.717) is 26.2 Å². The van der Waals surface area contributed by atoms with Crippen molar-refractivity contribution in [3.05, 3.63) is 46.2 Å². The van der Waals surface area contributed by atoms with Crippen LogP contribution in [0.3, 0.4) is 0 Å². The Balaban J connectivity index is 2.06. The highest BCUT2D eigenvalue weighted by atomic mass is 16.5. The number of carbonyl (C=O) groups excluding carboxylic acids is 1. The largest absolute Gasteiger partial charge is 0.381 e. The van der Waals surface area contributed by atoms with Crippen LogP contribution < -0.4 is 10.9 Å². The quantitative estimate of drug-likeness (QED) is 0.785. The Morgan fingerprint density at radius 3 is 2.95 bits per heavy atom. The molecular weight excluding hydrogens is 256 g/mol. The molecule has 0 radical (unpaired) electrons. The average Bonchev–Trinajstić information content (AvgIpc) is 2.45. The molecule has 0 spiro atoms. The lowest BCUT2D eigenvalue weighted by molar-refractivity contribution is -0.122. The summed E-state index contributed by atoms with van der Waals surface area (Å²) in [6.45, 7) is 3.25. The van der Waals surface area contributed by atoms with Gasteiger partial charge in [0.2, 0.25) is 11.5 Å². The molecule has 5 nitrogen and oxygen atoms in total. The summed E-state index contributed by atoms with van der Waals surface area (Å²) in [6.07, 6.45) is 0.328. The van der Waals surface area contributed by atoms with Crippen LogP contribution in [0.15, 0.2) is 35.1 Å². The zero-order chi connectivity index (χ0) is 14.4. The third-order valence-electron chi connectivity index (χ3n) is 2.99. The fourth-order valence-corrected chi connectivity index (χ4v) is 2.01. The number of hydrogen-bond donors (Lipinski definition) is 2. The molecule has 0 unspecified atom stereocenters. The van der Waals surface area contributed by atoms with E-state index in [-0.39, 0.29) is 11.5 Å². The normalized spacial score (nSPS) is 10.7. The second kappa shape index (κ2) is 6.86. The topological polar surface area (TPSA) is 71.2 Å². The maximum atomic E-state index is 11.6. The van der Waals surface area contributed by atoms with Gasteiger partial charge in [-0.1, -0.05) is 18.2 Å². The number of nitrogens with one attached hydrogen (secondary N) is 2. The van der Waals surface area contributed by atoms with Crippen molar-refractivity contribution in [2.45, 2.75) is 19.9 Å². The molecule has 0 aliphatic carbocycles. The van der Waals surface area contributed by atoms with E-state index in [9.17, 15) is 9.59 Å². The molecule has 5 heteroatoms. The first-order valence-electron chi connectivity index (χ1n) is 6.66. The molecule has 0 fully saturated rings. The third-order valence-corrected chi connectivity index (χ3v) is 2.99. The van der Waals surface area contributed by atoms with Gasteiger partial charge in [-0.2, -0.15) is 0 Å². The summed E-state index contributed by atoms with van der Waals surface area (Å²) in [6, 6.07) is 9.05. The molecular formula is C15H18N2O3. The highest BCUT2D eigenvalue weighted by Gasteiger charge is 2.05. The lowest BCUT2D eigenvalue weighted by Gasteiger charge is -2.08. The van der Waals surface area contributed by atoms with Crippen LogP contribution >= 0.6 is 0 Å². The Bertz CT molecular complexity index is 649. The van der Waals surface area contributed by atoms with Crippen LogP contribution in [0.5, 0.6) is 0 Å². The first-order chi connectivity index (χ1) is 9.70. The third kappa shape index (κ3) is 3.68. The van der Waals surface area contributed by atoms with Gasteiger partial charge in [0, 0.05) is 36.5 Å². The minimum Gasteiger partial charge on any atom is -0.381 e. The van der Waals surface area contributed by atoms with Crippen LogP contribution in [0.1, 0.15) is 18.9 Å². The summed E-state index contributed by atoms with van der Waals surface area (Å²) in [5.41, 5.74) is 1.43. The van der Waals surface area contributed by atoms with E-state index in [1.807, 2.05) is 31.2 Å². The number of rotatable bonds is 6. The number of aromatic amines is 1. The molecule has 1 amide bonds. The maximum Gasteiger partial charge on any atom is 0.248 e. The number of fused-ring (bicyclic) bond motifs is 1. The van der Waals surface area contributed by atoms with Crippen LogP contribution in [0.25, 0.3) is 10.9 Å². The maximum absolute atomic E-state index is 11.6. The van der Waals surface area contributed by atoms with Gasteiger partial charge in [0.05, 0.1) is 6.61 Å². The Hall–Kier alpha value is -2.14. The number of pyridine rings is 1. The standard InChI is InChI=1S/C15H18N2O3/c1-2-20-8-7-14(18)16-10-11-9-15(19)17-13-6-4-3-5-12(11)13/h3-6,9H,2,7-8,10H2,1H3,(H,16,18)(H,17,19). The van der Waals surface area contributed by atoms with Crippen LogP contribution in [0.4, 0.5) is 0 Å². The van der Waals surface area contributed by atoms with Crippen molar-refractivity contribution in [3.8, 4) is 0 Å². The van der Waals surface area contributed by atoms with Crippen molar-refractivity contribution in [2.24, 2.45) is 0 Å². The van der Waals surface area contributed by atoms with Gasteiger partial charge in [-0.15, -0.1) is 0 Å². The van der Waals surface area contributed by atoms with E-state index in [0.717, 1.165) is 16.5 Å². The number of hydrogen-bond acceptors (Lipinski definition) is 3. The minimum absolute atomic E-state index is 0.0807. The smallest absolute Gasteiger partial charge is 0.248 e. The molecule has 2 rings (SSSR count). The predicted molar refractivity (Wildman–Crippen MR) is 77.5 cm³/mol. The molecule has 20 heavy (non-hydrogen) atoms. The van der Waals surface area contributed by atoms with Crippen molar-refractivity contribution in [2.75, 3.05) is 13.2 Å². The van der Waals surface area contributed by atoms with Crippen LogP contribution in [-0.4, -0.2) is 24.1 Å². The molecule has 0 aliphatic rings. The van der Waals surface area contributed by atoms with Gasteiger partial charge in [-0.3, -0.25) is 9.59 Å². The van der Waals surface area contributed by atoms with E-state index >= 15 is 0 Å². The summed E-state index contributed by atoms with van der Waals surface area (Å²) in [5, 5.41) is 3.75. The monoisotopic (exact) mass is 274 g/mol. The fourth-order valence-electron chi connectivity index (χ4n) is 2.01. The summed E-state index contributed by atoms with van der Waals surface area (Å²) < 4.78 is 5.13. The summed E-state index contributed by atoms with van der Waals surface area (Å²) in [4.78, 5) is 26.0. The Kier molecular flexibility index (Phi) is 4.90. The second-order valence-corrected chi connectivity index (χ2v) is 4.43. The zero-order valence-electron chi connectivity index (χ0n) is 11.4. The minimum atomic E-state index is -0.165. The van der Waals surface area contributed by atoms with Crippen molar-refractivity contribution in [3.63, 3.8) is 0 Å². The molecule has 0 saturated heterocycles. The first-order valence-corrected chi connectivity index (χ1v) is 6.66. The Morgan fingerprint density at radius 1 is 1.35 bits per heavy atom. The molecule has 106 valence electrons. The van der Waals surface area contributed by atoms with Gasteiger partial charge in [0.1, 0.15) is 0 Å². The number of amides is 1. The number of ether oxygens (including phenoxy) is 1. The molecule has 1 aromatic heterocycles. The SMILES string of the molecule is CCOCCC(=O)NCc1cc(=O)[nH]c2ccccc12. The number of benzene rings is 1. The van der Waals surface area contributed by atoms with E-state index < -0.39 is 0 Å². The fraction of sp³-hybridized carbons (Fsp3) is 0.333. The molecule has 0 saturated carbocycles. The summed E-state index contributed by atoms with van der Waals surface area (Å²) >= 11 is 0. The van der Waals surface area contributed by atoms with Gasteiger partial charge >= 0.3 is 0 Å². The molecule has 1 heterocycles. The van der Waals surface area contributed by atoms with E-state index in [1.165, 1.54) is 6.07 Å². The summed E-state index contributed by atoms with van der Waals surface area (Å²) in [7, 11) is 0. The second-order valence-electron chi connectivity index (χ2n) is 4.43. The predicted octanol–water partition coefficient (Wildman–Crippen LogP) is 1.57. The van der Waals surface area contributed by atoms with Gasteiger partial charge in [-0.25, -0.2) is 0 Å². The number of H-pyrrole nitrogens is 1. The highest BCUT2D eigenvalue weighted by molar-refractivity contribution is 5.82. The molecule has 0 aliphatic heterocycles. The van der Waals surface area contributed by atoms with E-state index in [2.05, 4.69) is 10.3 Å². The van der Waals surface area contributed by atoms with Gasteiger partial charge in [-0.05, 0) is 18.6 Å². The lowest BCUT2D eigenvalue weighted by Crippen LogP contribution is -2.24. The van der Waals surface area contributed by atoms with E-state index in [4.69, 9.17) is 4.74 Å². The number of aromatic nitrogens is 1. The average molecular weight is 274 g/mol. The van der Waals surface area contributed by atoms with Crippen molar-refractivity contribution in [1.82, 2.24) is 10.3 Å². The van der Waals surface area contributed by atoms with Crippen LogP contribution in [0.2, 0.25) is 0 Å². The lowest BCUT2D eigenvalue weighted by atomic mass is 10.1. The first kappa shape index (κ1) is 14.3. The van der Waals surface area contributed by atoms with Crippen LogP contribution in [-0.2, 0) is 16.1 Å². The zero-order valence-corrected chi connectivity index (χ0v) is 11.4. The van der Waals surface area contributed by atoms with Crippen molar-refractivity contribution >= 4 is 16.8 Å². The summed E-state index contributed by atoms with van der Waals surface area (Å²) in [5.74, 6) is -0.0807. The van der Waals surface area contributed by atoms with Crippen molar-refractivity contribution < 1.29 is 9.53 Å². The molecule has 2 aromatic rings. The van der Waals surface area contributed by atoms with Gasteiger partial charge in [0.15, 0.2) is 0 Å². The molecule has 1 aromatic carbocycles. The van der Waals surface area contributed by atoms with E-state index in [1.54, 1.807) is 0 Å². The van der Waals surface area contributed by atoms with Gasteiger partial charge in [0.25, 0.3) is 0 Å². The molecule has 0 bridgehead atoms. The van der Waals surface area contributed by atoms with Crippen LogP contribution in [0, 0.1) is 0 Å². The highest BCUT2D eigenvalue weighted by Crippen LogP contribution is 2.14. The number of para-hydroxylation sites is 1. The Labute approximate surface area is 117 Å². The Morgan fingerprint density at radius 2 is 2.15 bits per heavy atom. The number of carbonyl (C=O) groups is 1. The van der Waals surface area contributed by atoms with Crippen molar-refractivity contribution in [1.29, 1.82) is 0 Å².